The molecular weight excluding hydrogens is 396 g/mol. The van der Waals surface area contributed by atoms with Gasteiger partial charge in [0, 0.05) is 30.2 Å². The fraction of sp³-hybridized carbons (Fsp3) is 0.200. The lowest BCUT2D eigenvalue weighted by Crippen LogP contribution is -2.24. The van der Waals surface area contributed by atoms with Gasteiger partial charge in [-0.25, -0.2) is 4.98 Å². The lowest BCUT2D eigenvalue weighted by Gasteiger charge is -2.11. The van der Waals surface area contributed by atoms with E-state index in [-0.39, 0.29) is 18.9 Å². The topological polar surface area (TPSA) is 109 Å². The van der Waals surface area contributed by atoms with Crippen molar-refractivity contribution in [2.45, 2.75) is 13.0 Å². The maximum absolute atomic E-state index is 12.4. The molecular formula is C20H19ClN4O4. The number of fused-ring (bicyclic) bond motifs is 1. The summed E-state index contributed by atoms with van der Waals surface area (Å²) in [6, 6.07) is 12.9. The summed E-state index contributed by atoms with van der Waals surface area (Å²) >= 11 is 6.00. The summed E-state index contributed by atoms with van der Waals surface area (Å²) in [5.74, 6) is 1.20. The van der Waals surface area contributed by atoms with E-state index in [1.807, 2.05) is 31.3 Å². The third kappa shape index (κ3) is 4.91. The van der Waals surface area contributed by atoms with E-state index >= 15 is 0 Å². The van der Waals surface area contributed by atoms with Crippen LogP contribution in [0.15, 0.2) is 47.0 Å². The summed E-state index contributed by atoms with van der Waals surface area (Å²) in [6.45, 7) is 0.915. The van der Waals surface area contributed by atoms with Crippen molar-refractivity contribution in [1.82, 2.24) is 15.5 Å². The quantitative estimate of drug-likeness (QED) is 0.631. The molecule has 0 bridgehead atoms. The average molecular weight is 415 g/mol. The Labute approximate surface area is 172 Å². The van der Waals surface area contributed by atoms with Gasteiger partial charge >= 0.3 is 0 Å². The average Bonchev–Trinajstić information content (AvgIpc) is 3.34. The molecule has 3 aromatic rings. The number of benzene rings is 1. The van der Waals surface area contributed by atoms with Crippen molar-refractivity contribution < 1.29 is 19.2 Å². The SMILES string of the molecule is CN1CCc2ccc(C(=O)NCc3cc(-c4cccc(Cl)c4)no3)nc21.O=CO. The Morgan fingerprint density at radius 3 is 2.90 bits per heavy atom. The molecule has 1 aliphatic rings. The van der Waals surface area contributed by atoms with Crippen LogP contribution in [-0.2, 0) is 17.8 Å². The van der Waals surface area contributed by atoms with E-state index < -0.39 is 0 Å². The first-order chi connectivity index (χ1) is 14.0. The van der Waals surface area contributed by atoms with Gasteiger partial charge in [0.25, 0.3) is 12.4 Å². The Morgan fingerprint density at radius 2 is 2.14 bits per heavy atom. The summed E-state index contributed by atoms with van der Waals surface area (Å²) < 4.78 is 5.30. The number of amides is 1. The molecule has 0 radical (unpaired) electrons. The summed E-state index contributed by atoms with van der Waals surface area (Å²) in [5.41, 5.74) is 3.11. The molecule has 1 aromatic carbocycles. The van der Waals surface area contributed by atoms with Crippen LogP contribution < -0.4 is 10.2 Å². The zero-order valence-electron chi connectivity index (χ0n) is 15.6. The minimum atomic E-state index is -0.250. The number of rotatable bonds is 4. The van der Waals surface area contributed by atoms with E-state index in [1.54, 1.807) is 18.2 Å². The number of likely N-dealkylation sites (N-methyl/N-ethyl adjacent to an activating group) is 1. The van der Waals surface area contributed by atoms with Gasteiger partial charge in [0.15, 0.2) is 5.76 Å². The van der Waals surface area contributed by atoms with Gasteiger partial charge in [0.2, 0.25) is 0 Å². The van der Waals surface area contributed by atoms with Crippen LogP contribution in [0.4, 0.5) is 5.82 Å². The highest BCUT2D eigenvalue weighted by Crippen LogP contribution is 2.24. The highest BCUT2D eigenvalue weighted by atomic mass is 35.5. The van der Waals surface area contributed by atoms with Gasteiger partial charge < -0.3 is 19.8 Å². The van der Waals surface area contributed by atoms with Crippen LogP contribution in [0.3, 0.4) is 0 Å². The highest BCUT2D eigenvalue weighted by molar-refractivity contribution is 6.30. The van der Waals surface area contributed by atoms with Crippen molar-refractivity contribution in [3.05, 3.63) is 64.5 Å². The fourth-order valence-electron chi connectivity index (χ4n) is 2.96. The molecule has 3 heterocycles. The zero-order valence-corrected chi connectivity index (χ0v) is 16.4. The first-order valence-corrected chi connectivity index (χ1v) is 9.18. The lowest BCUT2D eigenvalue weighted by molar-refractivity contribution is -0.122. The fourth-order valence-corrected chi connectivity index (χ4v) is 3.15. The molecule has 2 aromatic heterocycles. The zero-order chi connectivity index (χ0) is 20.8. The first-order valence-electron chi connectivity index (χ1n) is 8.80. The van der Waals surface area contributed by atoms with Crippen LogP contribution in [-0.4, -0.2) is 41.2 Å². The molecule has 0 aliphatic carbocycles. The molecule has 2 N–H and O–H groups in total. The molecule has 8 nitrogen and oxygen atoms in total. The van der Waals surface area contributed by atoms with Crippen molar-refractivity contribution in [2.75, 3.05) is 18.5 Å². The van der Waals surface area contributed by atoms with Gasteiger partial charge in [0.05, 0.1) is 6.54 Å². The van der Waals surface area contributed by atoms with Gasteiger partial charge in [-0.3, -0.25) is 9.59 Å². The summed E-state index contributed by atoms with van der Waals surface area (Å²) in [4.78, 5) is 27.3. The number of aromatic nitrogens is 2. The number of carbonyl (C=O) groups excluding carboxylic acids is 1. The van der Waals surface area contributed by atoms with Crippen molar-refractivity contribution in [2.24, 2.45) is 0 Å². The Bertz CT molecular complexity index is 1020. The van der Waals surface area contributed by atoms with E-state index in [9.17, 15) is 4.79 Å². The number of nitrogens with one attached hydrogen (secondary N) is 1. The monoisotopic (exact) mass is 414 g/mol. The van der Waals surface area contributed by atoms with Gasteiger partial charge in [0.1, 0.15) is 17.2 Å². The van der Waals surface area contributed by atoms with Gasteiger partial charge in [-0.05, 0) is 30.2 Å². The number of anilines is 1. The molecule has 1 amide bonds. The molecule has 0 saturated carbocycles. The Morgan fingerprint density at radius 1 is 1.34 bits per heavy atom. The third-order valence-electron chi connectivity index (χ3n) is 4.37. The van der Waals surface area contributed by atoms with Crippen LogP contribution in [0.5, 0.6) is 0 Å². The van der Waals surface area contributed by atoms with Crippen LogP contribution in [0.1, 0.15) is 21.8 Å². The number of pyridine rings is 1. The van der Waals surface area contributed by atoms with Gasteiger partial charge in [-0.1, -0.05) is 35.0 Å². The van der Waals surface area contributed by atoms with E-state index in [4.69, 9.17) is 26.0 Å². The van der Waals surface area contributed by atoms with E-state index in [1.165, 1.54) is 5.56 Å². The Hall–Kier alpha value is -3.39. The number of hydrogen-bond acceptors (Lipinski definition) is 6. The third-order valence-corrected chi connectivity index (χ3v) is 4.60. The minimum Gasteiger partial charge on any atom is -0.483 e. The highest BCUT2D eigenvalue weighted by Gasteiger charge is 2.19. The molecule has 9 heteroatoms. The van der Waals surface area contributed by atoms with E-state index in [2.05, 4.69) is 20.4 Å². The van der Waals surface area contributed by atoms with Crippen molar-refractivity contribution in [3.63, 3.8) is 0 Å². The molecule has 1 aliphatic heterocycles. The second-order valence-electron chi connectivity index (χ2n) is 6.33. The second-order valence-corrected chi connectivity index (χ2v) is 6.76. The van der Waals surface area contributed by atoms with Crippen LogP contribution in [0, 0.1) is 0 Å². The number of hydrogen-bond donors (Lipinski definition) is 2. The predicted octanol–water partition coefficient (Wildman–Crippen LogP) is 3.01. The Balaban J connectivity index is 0.000000755. The second kappa shape index (κ2) is 9.20. The van der Waals surface area contributed by atoms with Crippen LogP contribution in [0.25, 0.3) is 11.3 Å². The van der Waals surface area contributed by atoms with Crippen molar-refractivity contribution in [3.8, 4) is 11.3 Å². The molecule has 0 atom stereocenters. The summed E-state index contributed by atoms with van der Waals surface area (Å²) in [6.07, 6.45) is 0.963. The molecule has 0 unspecified atom stereocenters. The van der Waals surface area contributed by atoms with Gasteiger partial charge in [-0.2, -0.15) is 0 Å². The normalized spacial score (nSPS) is 12.0. The molecule has 4 rings (SSSR count). The maximum Gasteiger partial charge on any atom is 0.290 e. The van der Waals surface area contributed by atoms with Crippen molar-refractivity contribution >= 4 is 29.8 Å². The summed E-state index contributed by atoms with van der Waals surface area (Å²) in [5, 5.41) is 14.4. The molecule has 0 spiro atoms. The number of nitrogens with zero attached hydrogens (tertiary/aromatic N) is 3. The standard InChI is InChI=1S/C19H17ClN4O2.CH2O2/c1-24-8-7-12-5-6-16(22-18(12)24)19(25)21-11-15-10-17(23-26-15)13-3-2-4-14(20)9-13;2-1-3/h2-6,9-10H,7-8,11H2,1H3,(H,21,25);1H,(H,2,3). The molecule has 29 heavy (non-hydrogen) atoms. The maximum atomic E-state index is 12.4. The Kier molecular flexibility index (Phi) is 6.46. The predicted molar refractivity (Wildman–Crippen MR) is 108 cm³/mol. The summed E-state index contributed by atoms with van der Waals surface area (Å²) in [7, 11) is 1.98. The van der Waals surface area contributed by atoms with Crippen molar-refractivity contribution in [1.29, 1.82) is 0 Å². The van der Waals surface area contributed by atoms with E-state index in [0.717, 1.165) is 24.3 Å². The lowest BCUT2D eigenvalue weighted by atomic mass is 10.1. The van der Waals surface area contributed by atoms with Crippen LogP contribution in [0.2, 0.25) is 5.02 Å². The number of halogens is 1. The van der Waals surface area contributed by atoms with E-state index in [0.29, 0.717) is 22.2 Å². The minimum absolute atomic E-state index is 0.237. The van der Waals surface area contributed by atoms with Gasteiger partial charge in [-0.15, -0.1) is 0 Å². The number of carboxylic acid groups (broad SMARTS) is 1. The number of carbonyl (C=O) groups is 2. The molecule has 0 saturated heterocycles. The molecule has 0 fully saturated rings. The first kappa shape index (κ1) is 20.3. The molecule has 150 valence electrons. The largest absolute Gasteiger partial charge is 0.483 e. The smallest absolute Gasteiger partial charge is 0.290 e. The van der Waals surface area contributed by atoms with Crippen LogP contribution >= 0.6 is 11.6 Å².